The summed E-state index contributed by atoms with van der Waals surface area (Å²) in [6.07, 6.45) is 0.183. The van der Waals surface area contributed by atoms with Crippen LogP contribution < -0.4 is 21.3 Å². The van der Waals surface area contributed by atoms with Crippen molar-refractivity contribution in [3.05, 3.63) is 44.9 Å². The zero-order valence-electron chi connectivity index (χ0n) is 18.1. The molecule has 32 heavy (non-hydrogen) atoms. The molecular formula is C19H24N6O6S. The van der Waals surface area contributed by atoms with Gasteiger partial charge in [0.1, 0.15) is 22.0 Å². The maximum absolute atomic E-state index is 12.6. The third-order valence-corrected chi connectivity index (χ3v) is 6.51. The van der Waals surface area contributed by atoms with Gasteiger partial charge in [0.2, 0.25) is 15.9 Å². The van der Waals surface area contributed by atoms with Gasteiger partial charge < -0.3 is 15.0 Å². The molecule has 2 aromatic heterocycles. The number of imidazole rings is 1. The molecule has 3 N–H and O–H groups in total. The Morgan fingerprint density at radius 2 is 1.97 bits per heavy atom. The third-order valence-electron chi connectivity index (χ3n) is 4.68. The number of H-pyrrole nitrogens is 2. The minimum absolute atomic E-state index is 0.00858. The monoisotopic (exact) mass is 464 g/mol. The van der Waals surface area contributed by atoms with Gasteiger partial charge in [-0.2, -0.15) is 0 Å². The van der Waals surface area contributed by atoms with Gasteiger partial charge >= 0.3 is 5.69 Å². The maximum Gasteiger partial charge on any atom is 0.329 e. The molecule has 2 heterocycles. The standard InChI is InChI=1S/C19H24N6O6S/c1-5-31-12-7-6-11(10-13(12)32(29,30)24(2)3)20-15(26)9-8-14-21-16-17(22-14)25(4)19(28)23-18(16)27/h6-7,10H,5,8-9H2,1-4H3,(H,20,26)(H,21,22)(H,23,27,28). The number of carbonyl (C=O) groups excluding carboxylic acids is 1. The molecule has 1 aromatic carbocycles. The van der Waals surface area contributed by atoms with E-state index in [1.165, 1.54) is 37.8 Å². The summed E-state index contributed by atoms with van der Waals surface area (Å²) >= 11 is 0. The molecule has 12 nitrogen and oxygen atoms in total. The summed E-state index contributed by atoms with van der Waals surface area (Å²) in [7, 11) is 0.502. The van der Waals surface area contributed by atoms with E-state index in [2.05, 4.69) is 20.3 Å². The van der Waals surface area contributed by atoms with Gasteiger partial charge in [-0.15, -0.1) is 0 Å². The fraction of sp³-hybridized carbons (Fsp3) is 0.368. The van der Waals surface area contributed by atoms with E-state index in [0.29, 0.717) is 11.5 Å². The number of fused-ring (bicyclic) bond motifs is 1. The molecule has 0 aliphatic rings. The van der Waals surface area contributed by atoms with Crippen molar-refractivity contribution in [1.29, 1.82) is 0 Å². The van der Waals surface area contributed by atoms with E-state index >= 15 is 0 Å². The molecule has 0 bridgehead atoms. The molecule has 172 valence electrons. The highest BCUT2D eigenvalue weighted by Crippen LogP contribution is 2.29. The van der Waals surface area contributed by atoms with Crippen LogP contribution >= 0.6 is 0 Å². The number of hydrogen-bond donors (Lipinski definition) is 3. The van der Waals surface area contributed by atoms with Crippen molar-refractivity contribution in [1.82, 2.24) is 23.8 Å². The molecule has 1 amide bonds. The molecule has 0 atom stereocenters. The van der Waals surface area contributed by atoms with Crippen LogP contribution in [0.1, 0.15) is 19.2 Å². The molecule has 0 saturated carbocycles. The number of hydrogen-bond acceptors (Lipinski definition) is 7. The van der Waals surface area contributed by atoms with Crippen LogP contribution in [0.15, 0.2) is 32.7 Å². The Hall–Kier alpha value is -3.45. The lowest BCUT2D eigenvalue weighted by Crippen LogP contribution is -2.28. The average Bonchev–Trinajstić information content (AvgIpc) is 3.17. The van der Waals surface area contributed by atoms with Gasteiger partial charge in [0, 0.05) is 39.7 Å². The molecule has 0 saturated heterocycles. The van der Waals surface area contributed by atoms with E-state index in [1.54, 1.807) is 13.0 Å². The zero-order valence-corrected chi connectivity index (χ0v) is 18.9. The number of nitrogens with zero attached hydrogens (tertiary/aromatic N) is 3. The summed E-state index contributed by atoms with van der Waals surface area (Å²) in [5.74, 6) is 0.173. The number of amides is 1. The zero-order chi connectivity index (χ0) is 23.6. The molecule has 13 heteroatoms. The van der Waals surface area contributed by atoms with Crippen LogP contribution in [0.25, 0.3) is 11.2 Å². The van der Waals surface area contributed by atoms with E-state index in [4.69, 9.17) is 4.74 Å². The summed E-state index contributed by atoms with van der Waals surface area (Å²) in [5, 5.41) is 2.66. The Morgan fingerprint density at radius 3 is 2.62 bits per heavy atom. The molecule has 0 aliphatic carbocycles. The Morgan fingerprint density at radius 1 is 1.25 bits per heavy atom. The van der Waals surface area contributed by atoms with Crippen LogP contribution in [0.3, 0.4) is 0 Å². The summed E-state index contributed by atoms with van der Waals surface area (Å²) in [6.45, 7) is 2.03. The van der Waals surface area contributed by atoms with Crippen molar-refractivity contribution < 1.29 is 17.9 Å². The Balaban J connectivity index is 1.77. The summed E-state index contributed by atoms with van der Waals surface area (Å²) < 4.78 is 32.9. The highest BCUT2D eigenvalue weighted by atomic mass is 32.2. The van der Waals surface area contributed by atoms with Crippen molar-refractivity contribution in [2.45, 2.75) is 24.7 Å². The first-order valence-corrected chi connectivity index (χ1v) is 11.2. The second-order valence-electron chi connectivity index (χ2n) is 7.13. The van der Waals surface area contributed by atoms with E-state index < -0.39 is 21.3 Å². The Kier molecular flexibility index (Phi) is 6.50. The predicted octanol–water partition coefficient (Wildman–Crippen LogP) is 0.170. The molecule has 0 fully saturated rings. The van der Waals surface area contributed by atoms with Crippen molar-refractivity contribution in [3.63, 3.8) is 0 Å². The van der Waals surface area contributed by atoms with Crippen molar-refractivity contribution in [2.24, 2.45) is 7.05 Å². The largest absolute Gasteiger partial charge is 0.492 e. The molecule has 0 unspecified atom stereocenters. The molecule has 0 aliphatic heterocycles. The highest BCUT2D eigenvalue weighted by molar-refractivity contribution is 7.89. The van der Waals surface area contributed by atoms with Gasteiger partial charge in [-0.3, -0.25) is 19.1 Å². The van der Waals surface area contributed by atoms with Crippen LogP contribution in [-0.4, -0.2) is 58.9 Å². The SMILES string of the molecule is CCOc1ccc(NC(=O)CCc2nc3c([nH]2)c(=O)[nH]c(=O)n3C)cc1S(=O)(=O)N(C)C. The normalized spacial score (nSPS) is 11.8. The number of aryl methyl sites for hydroxylation is 2. The Labute approximate surface area is 183 Å². The number of nitrogens with one attached hydrogen (secondary N) is 3. The summed E-state index contributed by atoms with van der Waals surface area (Å²) in [5.41, 5.74) is -0.540. The van der Waals surface area contributed by atoms with Crippen molar-refractivity contribution in [2.75, 3.05) is 26.0 Å². The number of aromatic amines is 2. The number of anilines is 1. The van der Waals surface area contributed by atoms with Crippen LogP contribution in [0.2, 0.25) is 0 Å². The lowest BCUT2D eigenvalue weighted by atomic mass is 10.2. The number of sulfonamides is 1. The lowest BCUT2D eigenvalue weighted by Gasteiger charge is -2.16. The maximum atomic E-state index is 12.6. The molecule has 3 rings (SSSR count). The number of ether oxygens (including phenoxy) is 1. The Bertz CT molecular complexity index is 1390. The second-order valence-corrected chi connectivity index (χ2v) is 9.25. The molecule has 3 aromatic rings. The highest BCUT2D eigenvalue weighted by Gasteiger charge is 2.23. The fourth-order valence-corrected chi connectivity index (χ4v) is 4.04. The first kappa shape index (κ1) is 23.2. The van der Waals surface area contributed by atoms with Gasteiger partial charge in [0.05, 0.1) is 6.61 Å². The van der Waals surface area contributed by atoms with Gasteiger partial charge in [-0.1, -0.05) is 0 Å². The van der Waals surface area contributed by atoms with Crippen LogP contribution in [0.5, 0.6) is 5.75 Å². The van der Waals surface area contributed by atoms with Crippen LogP contribution in [0, 0.1) is 0 Å². The first-order chi connectivity index (χ1) is 15.0. The summed E-state index contributed by atoms with van der Waals surface area (Å²) in [6, 6.07) is 4.38. The van der Waals surface area contributed by atoms with Crippen LogP contribution in [-0.2, 0) is 28.3 Å². The number of benzene rings is 1. The van der Waals surface area contributed by atoms with Crippen molar-refractivity contribution >= 4 is 32.8 Å². The number of carbonyl (C=O) groups is 1. The molecule has 0 spiro atoms. The average molecular weight is 465 g/mol. The van der Waals surface area contributed by atoms with Gasteiger partial charge in [0.15, 0.2) is 5.65 Å². The quantitative estimate of drug-likeness (QED) is 0.428. The van der Waals surface area contributed by atoms with E-state index in [0.717, 1.165) is 4.31 Å². The minimum atomic E-state index is -3.79. The van der Waals surface area contributed by atoms with Crippen LogP contribution in [0.4, 0.5) is 5.69 Å². The topological polar surface area (TPSA) is 159 Å². The smallest absolute Gasteiger partial charge is 0.329 e. The van der Waals surface area contributed by atoms with Crippen molar-refractivity contribution in [3.8, 4) is 5.75 Å². The first-order valence-electron chi connectivity index (χ1n) is 9.71. The van der Waals surface area contributed by atoms with Gasteiger partial charge in [0.25, 0.3) is 5.56 Å². The molecular weight excluding hydrogens is 440 g/mol. The summed E-state index contributed by atoms with van der Waals surface area (Å²) in [4.78, 5) is 45.1. The number of rotatable bonds is 8. The van der Waals surface area contributed by atoms with Gasteiger partial charge in [-0.05, 0) is 25.1 Å². The van der Waals surface area contributed by atoms with E-state index in [-0.39, 0.29) is 47.2 Å². The predicted molar refractivity (Wildman–Crippen MR) is 117 cm³/mol. The van der Waals surface area contributed by atoms with E-state index in [9.17, 15) is 22.8 Å². The number of aromatic nitrogens is 4. The van der Waals surface area contributed by atoms with E-state index in [1.807, 2.05) is 0 Å². The third kappa shape index (κ3) is 4.57. The minimum Gasteiger partial charge on any atom is -0.492 e. The molecule has 0 radical (unpaired) electrons. The second kappa shape index (κ2) is 8.96. The van der Waals surface area contributed by atoms with Gasteiger partial charge in [-0.25, -0.2) is 22.5 Å². The lowest BCUT2D eigenvalue weighted by molar-refractivity contribution is -0.116. The fourth-order valence-electron chi connectivity index (χ4n) is 2.99.